The summed E-state index contributed by atoms with van der Waals surface area (Å²) in [5.41, 5.74) is 0.662. The Kier molecular flexibility index (Phi) is 5.04. The molecule has 2 rings (SSSR count). The molecule has 2 aromatic rings. The van der Waals surface area contributed by atoms with Crippen LogP contribution in [-0.2, 0) is 17.8 Å². The van der Waals surface area contributed by atoms with Crippen molar-refractivity contribution in [2.45, 2.75) is 32.7 Å². The maximum absolute atomic E-state index is 14.0. The van der Waals surface area contributed by atoms with Crippen molar-refractivity contribution in [3.05, 3.63) is 67.7 Å². The van der Waals surface area contributed by atoms with Crippen LogP contribution in [0.1, 0.15) is 29.5 Å². The fraction of sp³-hybridized carbons (Fsp3) is 0.312. The molecule has 0 bridgehead atoms. The molecule has 0 aliphatic rings. The summed E-state index contributed by atoms with van der Waals surface area (Å²) in [6, 6.07) is 4.79. The Morgan fingerprint density at radius 2 is 2.09 bits per heavy atom. The number of H-pyrrole nitrogens is 1. The molecule has 0 aliphatic carbocycles. The number of nitrogens with zero attached hydrogens (tertiary/aromatic N) is 1. The lowest BCUT2D eigenvalue weighted by molar-refractivity contribution is -0.107. The van der Waals surface area contributed by atoms with Crippen LogP contribution in [0, 0.1) is 12.7 Å². The molecule has 0 atom stereocenters. The zero-order chi connectivity index (χ0) is 16.1. The minimum absolute atomic E-state index is 0.183. The molecule has 0 saturated carbocycles. The first-order valence-electron chi connectivity index (χ1n) is 7.02. The molecule has 1 aromatic carbocycles. The van der Waals surface area contributed by atoms with E-state index in [-0.39, 0.29) is 12.4 Å². The average molecular weight is 304 g/mol. The van der Waals surface area contributed by atoms with Gasteiger partial charge < -0.3 is 4.79 Å². The van der Waals surface area contributed by atoms with Gasteiger partial charge in [0.2, 0.25) is 0 Å². The fourth-order valence-corrected chi connectivity index (χ4v) is 2.20. The number of carbonyl (C=O) groups excluding carboxylic acids is 1. The van der Waals surface area contributed by atoms with Crippen molar-refractivity contribution in [3.8, 4) is 0 Å². The summed E-state index contributed by atoms with van der Waals surface area (Å²) in [6.07, 6.45) is 3.79. The number of aldehydes is 1. The number of hydrogen-bond acceptors (Lipinski definition) is 3. The van der Waals surface area contributed by atoms with E-state index in [2.05, 4.69) is 4.98 Å². The number of aromatic amines is 1. The molecule has 0 radical (unpaired) electrons. The van der Waals surface area contributed by atoms with E-state index >= 15 is 0 Å². The number of nitrogens with one attached hydrogen (secondary N) is 1. The van der Waals surface area contributed by atoms with Crippen LogP contribution in [0.4, 0.5) is 4.39 Å². The third kappa shape index (κ3) is 3.78. The fourth-order valence-electron chi connectivity index (χ4n) is 2.20. The summed E-state index contributed by atoms with van der Waals surface area (Å²) in [5.74, 6) is -0.349. The monoisotopic (exact) mass is 304 g/mol. The van der Waals surface area contributed by atoms with Crippen molar-refractivity contribution in [1.82, 2.24) is 9.55 Å². The van der Waals surface area contributed by atoms with Crippen molar-refractivity contribution in [2.75, 3.05) is 0 Å². The molecule has 1 N–H and O–H groups in total. The number of aromatic nitrogens is 2. The predicted molar refractivity (Wildman–Crippen MR) is 80.6 cm³/mol. The molecule has 0 spiro atoms. The number of hydrogen-bond donors (Lipinski definition) is 1. The predicted octanol–water partition coefficient (Wildman–Crippen LogP) is 1.55. The highest BCUT2D eigenvalue weighted by molar-refractivity contribution is 5.49. The van der Waals surface area contributed by atoms with Crippen LogP contribution in [0.2, 0.25) is 0 Å². The van der Waals surface area contributed by atoms with Gasteiger partial charge in [-0.25, -0.2) is 9.18 Å². The van der Waals surface area contributed by atoms with Gasteiger partial charge in [0.05, 0.1) is 6.54 Å². The molecule has 1 aromatic heterocycles. The van der Waals surface area contributed by atoms with Gasteiger partial charge in [-0.2, -0.15) is 0 Å². The summed E-state index contributed by atoms with van der Waals surface area (Å²) in [6.45, 7) is 1.79. The lowest BCUT2D eigenvalue weighted by atomic mass is 10.1. The normalized spacial score (nSPS) is 10.6. The van der Waals surface area contributed by atoms with Gasteiger partial charge >= 0.3 is 5.69 Å². The summed E-state index contributed by atoms with van der Waals surface area (Å²) < 4.78 is 15.3. The van der Waals surface area contributed by atoms with Crippen molar-refractivity contribution < 1.29 is 9.18 Å². The van der Waals surface area contributed by atoms with E-state index in [4.69, 9.17) is 0 Å². The molecule has 0 unspecified atom stereocenters. The molecule has 0 saturated heterocycles. The molecule has 0 aliphatic heterocycles. The van der Waals surface area contributed by atoms with Crippen LogP contribution in [0.3, 0.4) is 0 Å². The zero-order valence-electron chi connectivity index (χ0n) is 12.3. The third-order valence-corrected chi connectivity index (χ3v) is 3.43. The van der Waals surface area contributed by atoms with Crippen LogP contribution < -0.4 is 11.2 Å². The van der Waals surface area contributed by atoms with E-state index in [1.54, 1.807) is 19.1 Å². The minimum atomic E-state index is -0.522. The summed E-state index contributed by atoms with van der Waals surface area (Å²) >= 11 is 0. The smallest absolute Gasteiger partial charge is 0.303 e. The average Bonchev–Trinajstić information content (AvgIpc) is 2.47. The molecule has 22 heavy (non-hydrogen) atoms. The van der Waals surface area contributed by atoms with Gasteiger partial charge in [-0.05, 0) is 37.0 Å². The summed E-state index contributed by atoms with van der Waals surface area (Å²) in [4.78, 5) is 35.5. The Morgan fingerprint density at radius 3 is 2.77 bits per heavy atom. The number of unbranched alkanes of at least 4 members (excludes halogenated alkanes) is 1. The van der Waals surface area contributed by atoms with Gasteiger partial charge in [0.1, 0.15) is 12.1 Å². The van der Waals surface area contributed by atoms with Crippen LogP contribution in [0.25, 0.3) is 0 Å². The Balaban J connectivity index is 2.19. The molecule has 6 heteroatoms. The highest BCUT2D eigenvalue weighted by atomic mass is 19.1. The highest BCUT2D eigenvalue weighted by Crippen LogP contribution is 2.13. The first-order chi connectivity index (χ1) is 10.5. The van der Waals surface area contributed by atoms with E-state index < -0.39 is 11.2 Å². The van der Waals surface area contributed by atoms with Crippen LogP contribution >= 0.6 is 0 Å². The van der Waals surface area contributed by atoms with E-state index in [1.807, 2.05) is 0 Å². The third-order valence-electron chi connectivity index (χ3n) is 3.43. The Hall–Kier alpha value is -2.50. The SMILES string of the molecule is Cc1cn(Cc2ccc(CCCC=O)c(F)c2)c(=O)[nH]c1=O. The number of aryl methyl sites for hydroxylation is 2. The molecular formula is C16H17FN2O3. The number of carbonyl (C=O) groups is 1. The Labute approximate surface area is 126 Å². The number of halogens is 1. The minimum Gasteiger partial charge on any atom is -0.303 e. The van der Waals surface area contributed by atoms with Gasteiger partial charge in [0, 0.05) is 18.2 Å². The molecule has 1 heterocycles. The highest BCUT2D eigenvalue weighted by Gasteiger charge is 2.06. The van der Waals surface area contributed by atoms with Crippen molar-refractivity contribution in [1.29, 1.82) is 0 Å². The maximum atomic E-state index is 14.0. The summed E-state index contributed by atoms with van der Waals surface area (Å²) in [7, 11) is 0. The second kappa shape index (κ2) is 6.98. The second-order valence-electron chi connectivity index (χ2n) is 5.18. The zero-order valence-corrected chi connectivity index (χ0v) is 12.3. The summed E-state index contributed by atoms with van der Waals surface area (Å²) in [5, 5.41) is 0. The van der Waals surface area contributed by atoms with Crippen LogP contribution in [-0.4, -0.2) is 15.8 Å². The topological polar surface area (TPSA) is 71.9 Å². The number of benzene rings is 1. The van der Waals surface area contributed by atoms with Crippen molar-refractivity contribution in [2.24, 2.45) is 0 Å². The van der Waals surface area contributed by atoms with Gasteiger partial charge in [-0.15, -0.1) is 0 Å². The van der Waals surface area contributed by atoms with Crippen LogP contribution in [0.15, 0.2) is 34.0 Å². The Morgan fingerprint density at radius 1 is 1.32 bits per heavy atom. The Bertz CT molecular complexity index is 793. The van der Waals surface area contributed by atoms with E-state index in [0.29, 0.717) is 36.0 Å². The van der Waals surface area contributed by atoms with Crippen LogP contribution in [0.5, 0.6) is 0 Å². The first kappa shape index (κ1) is 15.9. The van der Waals surface area contributed by atoms with Gasteiger partial charge in [-0.1, -0.05) is 12.1 Å². The molecule has 0 amide bonds. The van der Waals surface area contributed by atoms with Gasteiger partial charge in [0.25, 0.3) is 5.56 Å². The first-order valence-corrected chi connectivity index (χ1v) is 7.02. The van der Waals surface area contributed by atoms with E-state index in [1.165, 1.54) is 16.8 Å². The molecular weight excluding hydrogens is 287 g/mol. The van der Waals surface area contributed by atoms with Crippen molar-refractivity contribution >= 4 is 6.29 Å². The number of rotatable bonds is 6. The maximum Gasteiger partial charge on any atom is 0.328 e. The lowest BCUT2D eigenvalue weighted by Gasteiger charge is -2.08. The van der Waals surface area contributed by atoms with E-state index in [9.17, 15) is 18.8 Å². The largest absolute Gasteiger partial charge is 0.328 e. The second-order valence-corrected chi connectivity index (χ2v) is 5.18. The molecule has 0 fully saturated rings. The molecule has 116 valence electrons. The lowest BCUT2D eigenvalue weighted by Crippen LogP contribution is -2.31. The quantitative estimate of drug-likeness (QED) is 0.650. The van der Waals surface area contributed by atoms with Gasteiger partial charge in [-0.3, -0.25) is 14.3 Å². The van der Waals surface area contributed by atoms with Crippen molar-refractivity contribution in [3.63, 3.8) is 0 Å². The molecule has 5 nitrogen and oxygen atoms in total. The standard InChI is InChI=1S/C16H17FN2O3/c1-11-9-19(16(22)18-15(11)21)10-12-5-6-13(14(17)8-12)4-2-3-7-20/h5-9H,2-4,10H2,1H3,(H,18,21,22). The van der Waals surface area contributed by atoms with Gasteiger partial charge in [0.15, 0.2) is 0 Å². The van der Waals surface area contributed by atoms with E-state index in [0.717, 1.165) is 6.29 Å².